The van der Waals surface area contributed by atoms with Gasteiger partial charge in [-0.25, -0.2) is 9.37 Å². The molecule has 1 aromatic heterocycles. The lowest BCUT2D eigenvalue weighted by molar-refractivity contribution is -0.286. The van der Waals surface area contributed by atoms with E-state index in [2.05, 4.69) is 19.8 Å². The maximum Gasteiger partial charge on any atom is 0.586 e. The Morgan fingerprint density at radius 1 is 1.04 bits per heavy atom. The number of aryl methyl sites for hydroxylation is 1. The minimum Gasteiger partial charge on any atom is -0.395 e. The van der Waals surface area contributed by atoms with Gasteiger partial charge in [-0.1, -0.05) is 18.2 Å². The van der Waals surface area contributed by atoms with Crippen molar-refractivity contribution in [2.45, 2.75) is 19.8 Å². The zero-order chi connectivity index (χ0) is 19.0. The monoisotopic (exact) mass is 372 g/mol. The zero-order valence-corrected chi connectivity index (χ0v) is 14.3. The average molecular weight is 372 g/mol. The number of rotatable bonds is 4. The second-order valence-corrected chi connectivity index (χ2v) is 6.16. The Morgan fingerprint density at radius 3 is 2.48 bits per heavy atom. The summed E-state index contributed by atoms with van der Waals surface area (Å²) in [4.78, 5) is 4.31. The fourth-order valence-corrected chi connectivity index (χ4v) is 2.89. The quantitative estimate of drug-likeness (QED) is 0.690. The predicted molar refractivity (Wildman–Crippen MR) is 94.3 cm³/mol. The summed E-state index contributed by atoms with van der Waals surface area (Å²) in [6.45, 7) is 2.09. The molecule has 3 aromatic rings. The Bertz CT molecular complexity index is 991. The molecule has 0 spiro atoms. The Labute approximate surface area is 153 Å². The van der Waals surface area contributed by atoms with Crippen molar-refractivity contribution in [3.8, 4) is 22.6 Å². The molecule has 0 radical (unpaired) electrons. The maximum atomic E-state index is 13.7. The topological polar surface area (TPSA) is 43.4 Å². The van der Waals surface area contributed by atoms with E-state index in [0.29, 0.717) is 23.5 Å². The van der Waals surface area contributed by atoms with Gasteiger partial charge in [0.05, 0.1) is 0 Å². The summed E-state index contributed by atoms with van der Waals surface area (Å²) in [5.74, 6) is 0.293. The number of fused-ring (bicyclic) bond motifs is 1. The largest absolute Gasteiger partial charge is 0.586 e. The first kappa shape index (κ1) is 17.2. The third-order valence-corrected chi connectivity index (χ3v) is 4.24. The second kappa shape index (κ2) is 6.50. The summed E-state index contributed by atoms with van der Waals surface area (Å²) in [6.07, 6.45) is -2.03. The van der Waals surface area contributed by atoms with Crippen LogP contribution in [0.1, 0.15) is 11.1 Å². The van der Waals surface area contributed by atoms with Crippen molar-refractivity contribution in [3.63, 3.8) is 0 Å². The molecule has 0 saturated carbocycles. The molecule has 0 saturated heterocycles. The number of aromatic nitrogens is 1. The Hall–Kier alpha value is -3.22. The molecule has 2 heterocycles. The van der Waals surface area contributed by atoms with Gasteiger partial charge in [-0.2, -0.15) is 0 Å². The molecule has 4 nitrogen and oxygen atoms in total. The summed E-state index contributed by atoms with van der Waals surface area (Å²) in [7, 11) is 0. The number of benzene rings is 2. The lowest BCUT2D eigenvalue weighted by atomic mass is 10.0. The molecule has 0 unspecified atom stereocenters. The highest BCUT2D eigenvalue weighted by Gasteiger charge is 2.43. The molecule has 1 aliphatic heterocycles. The molecule has 0 aliphatic carbocycles. The van der Waals surface area contributed by atoms with Gasteiger partial charge in [-0.3, -0.25) is 0 Å². The third-order valence-electron chi connectivity index (χ3n) is 4.24. The fraction of sp³-hybridized carbons (Fsp3) is 0.150. The van der Waals surface area contributed by atoms with Crippen LogP contribution in [0.5, 0.6) is 11.5 Å². The molecule has 7 heteroatoms. The van der Waals surface area contributed by atoms with Crippen LogP contribution in [0.2, 0.25) is 0 Å². The van der Waals surface area contributed by atoms with Crippen molar-refractivity contribution >= 4 is 5.82 Å². The number of hydrogen-bond donors (Lipinski definition) is 1. The minimum absolute atomic E-state index is 0.0115. The SMILES string of the molecule is Cc1cc2c(cc1-c1ccc(NCc3ccccc3F)nc1)OC(F)(F)O2. The van der Waals surface area contributed by atoms with Crippen LogP contribution < -0.4 is 14.8 Å². The first-order chi connectivity index (χ1) is 12.9. The summed E-state index contributed by atoms with van der Waals surface area (Å²) in [5.41, 5.74) is 2.74. The van der Waals surface area contributed by atoms with E-state index in [1.54, 1.807) is 43.5 Å². The maximum absolute atomic E-state index is 13.7. The van der Waals surface area contributed by atoms with Crippen molar-refractivity contribution in [2.24, 2.45) is 0 Å². The molecule has 138 valence electrons. The highest BCUT2D eigenvalue weighted by molar-refractivity contribution is 5.71. The molecule has 0 amide bonds. The van der Waals surface area contributed by atoms with E-state index in [1.165, 1.54) is 18.2 Å². The molecular weight excluding hydrogens is 357 g/mol. The van der Waals surface area contributed by atoms with Crippen molar-refractivity contribution < 1.29 is 22.6 Å². The minimum atomic E-state index is -3.65. The molecule has 2 aromatic carbocycles. The number of alkyl halides is 2. The fourth-order valence-electron chi connectivity index (χ4n) is 2.89. The van der Waals surface area contributed by atoms with Gasteiger partial charge in [-0.05, 0) is 48.4 Å². The number of ether oxygens (including phenoxy) is 2. The summed E-state index contributed by atoms with van der Waals surface area (Å²) in [6, 6.07) is 13.1. The van der Waals surface area contributed by atoms with E-state index in [-0.39, 0.29) is 17.3 Å². The van der Waals surface area contributed by atoms with Gasteiger partial charge >= 0.3 is 6.29 Å². The third kappa shape index (κ3) is 3.53. The van der Waals surface area contributed by atoms with E-state index in [4.69, 9.17) is 0 Å². The number of pyridine rings is 1. The summed E-state index contributed by atoms with van der Waals surface area (Å²) in [5, 5.41) is 3.05. The Balaban J connectivity index is 1.52. The Kier molecular flexibility index (Phi) is 4.14. The van der Waals surface area contributed by atoms with Gasteiger partial charge < -0.3 is 14.8 Å². The summed E-state index contributed by atoms with van der Waals surface area (Å²) >= 11 is 0. The Morgan fingerprint density at radius 2 is 1.78 bits per heavy atom. The number of anilines is 1. The van der Waals surface area contributed by atoms with Crippen LogP contribution >= 0.6 is 0 Å². The van der Waals surface area contributed by atoms with Crippen LogP contribution in [0.4, 0.5) is 19.0 Å². The van der Waals surface area contributed by atoms with Crippen LogP contribution in [0.15, 0.2) is 54.7 Å². The van der Waals surface area contributed by atoms with E-state index in [0.717, 1.165) is 11.1 Å². The molecule has 4 rings (SSSR count). The normalized spacial score (nSPS) is 14.2. The van der Waals surface area contributed by atoms with Gasteiger partial charge in [0, 0.05) is 23.9 Å². The van der Waals surface area contributed by atoms with Crippen LogP contribution in [-0.2, 0) is 6.54 Å². The average Bonchev–Trinajstić information content (AvgIpc) is 2.93. The number of nitrogens with zero attached hydrogens (tertiary/aromatic N) is 1. The van der Waals surface area contributed by atoms with E-state index in [1.807, 2.05) is 0 Å². The standard InChI is InChI=1S/C20H15F3N2O2/c1-12-8-17-18(27-20(22,23)26-17)9-15(12)13-6-7-19(24-10-13)25-11-14-4-2-3-5-16(14)21/h2-10H,11H2,1H3,(H,24,25). The first-order valence-electron chi connectivity index (χ1n) is 8.25. The number of nitrogens with one attached hydrogen (secondary N) is 1. The molecule has 0 fully saturated rings. The summed E-state index contributed by atoms with van der Waals surface area (Å²) < 4.78 is 49.1. The highest BCUT2D eigenvalue weighted by Crippen LogP contribution is 2.44. The zero-order valence-electron chi connectivity index (χ0n) is 14.3. The first-order valence-corrected chi connectivity index (χ1v) is 8.25. The van der Waals surface area contributed by atoms with Gasteiger partial charge in [-0.15, -0.1) is 8.78 Å². The van der Waals surface area contributed by atoms with Crippen LogP contribution in [0, 0.1) is 12.7 Å². The van der Waals surface area contributed by atoms with Crippen LogP contribution in [0.25, 0.3) is 11.1 Å². The smallest absolute Gasteiger partial charge is 0.395 e. The predicted octanol–water partition coefficient (Wildman–Crippen LogP) is 5.13. The van der Waals surface area contributed by atoms with Crippen molar-refractivity contribution in [3.05, 3.63) is 71.7 Å². The lowest BCUT2D eigenvalue weighted by Crippen LogP contribution is -2.25. The molecule has 1 N–H and O–H groups in total. The van der Waals surface area contributed by atoms with Gasteiger partial charge in [0.15, 0.2) is 11.5 Å². The van der Waals surface area contributed by atoms with E-state index < -0.39 is 6.29 Å². The van der Waals surface area contributed by atoms with Crippen molar-refractivity contribution in [2.75, 3.05) is 5.32 Å². The number of halogens is 3. The second-order valence-electron chi connectivity index (χ2n) is 6.16. The van der Waals surface area contributed by atoms with Crippen molar-refractivity contribution in [1.82, 2.24) is 4.98 Å². The van der Waals surface area contributed by atoms with Crippen LogP contribution in [0.3, 0.4) is 0 Å². The van der Waals surface area contributed by atoms with E-state index in [9.17, 15) is 13.2 Å². The molecule has 1 aliphatic rings. The lowest BCUT2D eigenvalue weighted by Gasteiger charge is -2.10. The molecule has 0 atom stereocenters. The molecule has 0 bridgehead atoms. The van der Waals surface area contributed by atoms with Gasteiger partial charge in [0.1, 0.15) is 11.6 Å². The number of hydrogen-bond acceptors (Lipinski definition) is 4. The van der Waals surface area contributed by atoms with Gasteiger partial charge in [0.2, 0.25) is 0 Å². The van der Waals surface area contributed by atoms with Crippen molar-refractivity contribution in [1.29, 1.82) is 0 Å². The molecular formula is C20H15F3N2O2. The molecule has 27 heavy (non-hydrogen) atoms. The van der Waals surface area contributed by atoms with Gasteiger partial charge in [0.25, 0.3) is 0 Å². The van der Waals surface area contributed by atoms with E-state index >= 15 is 0 Å². The van der Waals surface area contributed by atoms with Crippen LogP contribution in [-0.4, -0.2) is 11.3 Å². The highest BCUT2D eigenvalue weighted by atomic mass is 19.3.